The van der Waals surface area contributed by atoms with E-state index in [9.17, 15) is 14.4 Å². The number of para-hydroxylation sites is 1. The molecule has 0 saturated heterocycles. The second-order valence-electron chi connectivity index (χ2n) is 7.44. The van der Waals surface area contributed by atoms with Crippen LogP contribution >= 0.6 is 0 Å². The fourth-order valence-corrected chi connectivity index (χ4v) is 3.68. The molecule has 0 spiro atoms. The number of hydrogen-bond donors (Lipinski definition) is 1. The van der Waals surface area contributed by atoms with E-state index in [1.807, 2.05) is 42.2 Å². The van der Waals surface area contributed by atoms with Crippen molar-refractivity contribution in [1.82, 2.24) is 5.32 Å². The van der Waals surface area contributed by atoms with E-state index in [0.29, 0.717) is 18.7 Å². The van der Waals surface area contributed by atoms with Crippen LogP contribution in [-0.4, -0.2) is 30.9 Å². The highest BCUT2D eigenvalue weighted by molar-refractivity contribution is 6.06. The summed E-state index contributed by atoms with van der Waals surface area (Å²) in [7, 11) is 0. The third-order valence-electron chi connectivity index (χ3n) is 5.28. The molecule has 0 saturated carbocycles. The van der Waals surface area contributed by atoms with Crippen molar-refractivity contribution in [3.63, 3.8) is 0 Å². The summed E-state index contributed by atoms with van der Waals surface area (Å²) in [5.74, 6) is -0.926. The molecule has 3 rings (SSSR count). The first kappa shape index (κ1) is 21.6. The summed E-state index contributed by atoms with van der Waals surface area (Å²) in [6.45, 7) is 4.88. The lowest BCUT2D eigenvalue weighted by atomic mass is 10.0. The van der Waals surface area contributed by atoms with Crippen molar-refractivity contribution < 1.29 is 19.1 Å². The van der Waals surface area contributed by atoms with Gasteiger partial charge in [-0.25, -0.2) is 0 Å². The maximum absolute atomic E-state index is 13.2. The Labute approximate surface area is 177 Å². The average Bonchev–Trinajstić information content (AvgIpc) is 2.95. The lowest BCUT2D eigenvalue weighted by Gasteiger charge is -2.23. The smallest absolute Gasteiger partial charge is 0.315 e. The number of anilines is 1. The zero-order valence-electron chi connectivity index (χ0n) is 17.6. The fourth-order valence-electron chi connectivity index (χ4n) is 3.68. The molecule has 6 heteroatoms. The molecule has 1 N–H and O–H groups in total. The number of nitrogens with one attached hydrogen (secondary N) is 1. The summed E-state index contributed by atoms with van der Waals surface area (Å²) in [6.07, 6.45) is 2.75. The number of carbonyl (C=O) groups is 3. The minimum Gasteiger partial charge on any atom is -0.466 e. The maximum Gasteiger partial charge on any atom is 0.315 e. The van der Waals surface area contributed by atoms with Gasteiger partial charge in [0.2, 0.25) is 5.91 Å². The molecule has 6 nitrogen and oxygen atoms in total. The third kappa shape index (κ3) is 5.26. The molecule has 1 aliphatic heterocycles. The number of benzene rings is 2. The minimum atomic E-state index is -0.537. The molecule has 30 heavy (non-hydrogen) atoms. The second-order valence-corrected chi connectivity index (χ2v) is 7.44. The largest absolute Gasteiger partial charge is 0.466 e. The molecule has 0 radical (unpaired) electrons. The van der Waals surface area contributed by atoms with E-state index in [4.69, 9.17) is 4.74 Å². The van der Waals surface area contributed by atoms with Gasteiger partial charge in [0.05, 0.1) is 6.61 Å². The van der Waals surface area contributed by atoms with Crippen molar-refractivity contribution >= 4 is 23.5 Å². The standard InChI is InChI=1S/C24H28N2O4/c1-3-30-23(28)15-22(27)25-16-20-12-11-19(14-17(20)2)24(29)26-13-7-6-9-18-8-4-5-10-21(18)26/h4-5,8,10-12,14H,3,6-7,9,13,15-16H2,1-2H3,(H,25,27). The Hall–Kier alpha value is -3.15. The first-order valence-corrected chi connectivity index (χ1v) is 10.4. The number of ether oxygens (including phenoxy) is 1. The van der Waals surface area contributed by atoms with Gasteiger partial charge >= 0.3 is 5.97 Å². The first-order chi connectivity index (χ1) is 14.5. The molecular weight excluding hydrogens is 380 g/mol. The number of aryl methyl sites for hydroxylation is 2. The Kier molecular flexibility index (Phi) is 7.22. The Morgan fingerprint density at radius 1 is 1.10 bits per heavy atom. The zero-order valence-corrected chi connectivity index (χ0v) is 17.6. The van der Waals surface area contributed by atoms with Crippen molar-refractivity contribution in [3.05, 3.63) is 64.7 Å². The van der Waals surface area contributed by atoms with Crippen molar-refractivity contribution in [2.75, 3.05) is 18.1 Å². The highest BCUT2D eigenvalue weighted by Crippen LogP contribution is 2.28. The van der Waals surface area contributed by atoms with Gasteiger partial charge in [0.15, 0.2) is 0 Å². The van der Waals surface area contributed by atoms with E-state index in [1.165, 1.54) is 5.56 Å². The van der Waals surface area contributed by atoms with Crippen molar-refractivity contribution in [2.45, 2.75) is 46.1 Å². The quantitative estimate of drug-likeness (QED) is 0.586. The van der Waals surface area contributed by atoms with Crippen LogP contribution in [0, 0.1) is 6.92 Å². The van der Waals surface area contributed by atoms with E-state index in [-0.39, 0.29) is 24.8 Å². The average molecular weight is 408 g/mol. The van der Waals surface area contributed by atoms with Crippen molar-refractivity contribution in [2.24, 2.45) is 0 Å². The van der Waals surface area contributed by atoms with Gasteiger partial charge in [0.25, 0.3) is 5.91 Å². The number of rotatable bonds is 6. The predicted octanol–water partition coefficient (Wildman–Crippen LogP) is 3.55. The zero-order chi connectivity index (χ0) is 21.5. The molecule has 2 aromatic carbocycles. The van der Waals surface area contributed by atoms with Crippen LogP contribution in [0.15, 0.2) is 42.5 Å². The van der Waals surface area contributed by atoms with Crippen LogP contribution in [0.4, 0.5) is 5.69 Å². The van der Waals surface area contributed by atoms with Crippen molar-refractivity contribution in [3.8, 4) is 0 Å². The number of esters is 1. The first-order valence-electron chi connectivity index (χ1n) is 10.4. The fraction of sp³-hybridized carbons (Fsp3) is 0.375. The summed E-state index contributed by atoms with van der Waals surface area (Å²) < 4.78 is 4.78. The number of amides is 2. The molecule has 2 amide bonds. The van der Waals surface area contributed by atoms with Gasteiger partial charge in [-0.2, -0.15) is 0 Å². The summed E-state index contributed by atoms with van der Waals surface area (Å²) in [6, 6.07) is 13.6. The van der Waals surface area contributed by atoms with Gasteiger partial charge in [-0.3, -0.25) is 14.4 Å². The topological polar surface area (TPSA) is 75.7 Å². The third-order valence-corrected chi connectivity index (χ3v) is 5.28. The van der Waals surface area contributed by atoms with E-state index in [0.717, 1.165) is 36.1 Å². The molecule has 0 aliphatic carbocycles. The maximum atomic E-state index is 13.2. The molecule has 1 aliphatic rings. The molecule has 0 unspecified atom stereocenters. The van der Waals surface area contributed by atoms with Crippen LogP contribution < -0.4 is 10.2 Å². The Morgan fingerprint density at radius 2 is 1.90 bits per heavy atom. The van der Waals surface area contributed by atoms with E-state index >= 15 is 0 Å². The molecule has 0 bridgehead atoms. The number of nitrogens with zero attached hydrogens (tertiary/aromatic N) is 1. The number of hydrogen-bond acceptors (Lipinski definition) is 4. The van der Waals surface area contributed by atoms with Gasteiger partial charge in [-0.1, -0.05) is 24.3 Å². The predicted molar refractivity (Wildman–Crippen MR) is 115 cm³/mol. The van der Waals surface area contributed by atoms with Crippen LogP contribution in [0.25, 0.3) is 0 Å². The van der Waals surface area contributed by atoms with Crippen LogP contribution in [0.5, 0.6) is 0 Å². The number of fused-ring (bicyclic) bond motifs is 1. The summed E-state index contributed by atoms with van der Waals surface area (Å²) in [4.78, 5) is 38.4. The number of carbonyl (C=O) groups excluding carboxylic acids is 3. The molecule has 0 aromatic heterocycles. The minimum absolute atomic E-state index is 0.00894. The normalized spacial score (nSPS) is 13.2. The Bertz CT molecular complexity index is 939. The van der Waals surface area contributed by atoms with Crippen LogP contribution in [0.1, 0.15) is 53.2 Å². The lowest BCUT2D eigenvalue weighted by Crippen LogP contribution is -2.32. The van der Waals surface area contributed by atoms with Gasteiger partial charge in [0, 0.05) is 24.3 Å². The van der Waals surface area contributed by atoms with Crippen molar-refractivity contribution in [1.29, 1.82) is 0 Å². The van der Waals surface area contributed by atoms with E-state index in [1.54, 1.807) is 13.0 Å². The molecule has 1 heterocycles. The molecule has 2 aromatic rings. The van der Waals surface area contributed by atoms with E-state index < -0.39 is 5.97 Å². The summed E-state index contributed by atoms with van der Waals surface area (Å²) in [5, 5.41) is 2.73. The van der Waals surface area contributed by atoms with Crippen LogP contribution in [-0.2, 0) is 27.3 Å². The SMILES string of the molecule is CCOC(=O)CC(=O)NCc1ccc(C(=O)N2CCCCc3ccccc32)cc1C. The van der Waals surface area contributed by atoms with E-state index in [2.05, 4.69) is 11.4 Å². The molecule has 158 valence electrons. The Balaban J connectivity index is 1.68. The highest BCUT2D eigenvalue weighted by Gasteiger charge is 2.22. The lowest BCUT2D eigenvalue weighted by molar-refractivity contribution is -0.146. The van der Waals surface area contributed by atoms with Crippen LogP contribution in [0.2, 0.25) is 0 Å². The highest BCUT2D eigenvalue weighted by atomic mass is 16.5. The summed E-state index contributed by atoms with van der Waals surface area (Å²) in [5.41, 5.74) is 4.65. The van der Waals surface area contributed by atoms with Crippen LogP contribution in [0.3, 0.4) is 0 Å². The second kappa shape index (κ2) is 10.1. The molecular formula is C24H28N2O4. The van der Waals surface area contributed by atoms with Gasteiger partial charge in [0.1, 0.15) is 6.42 Å². The molecule has 0 atom stereocenters. The van der Waals surface area contributed by atoms with Gasteiger partial charge < -0.3 is 15.0 Å². The Morgan fingerprint density at radius 3 is 2.67 bits per heavy atom. The summed E-state index contributed by atoms with van der Waals surface area (Å²) >= 11 is 0. The van der Waals surface area contributed by atoms with Gasteiger partial charge in [-0.15, -0.1) is 0 Å². The monoisotopic (exact) mass is 408 g/mol. The van der Waals surface area contributed by atoms with Gasteiger partial charge in [-0.05, 0) is 68.0 Å². The molecule has 0 fully saturated rings.